The van der Waals surface area contributed by atoms with Crippen molar-refractivity contribution < 1.29 is 13.2 Å². The number of carbonyl (C=O) groups is 1. The molecule has 0 aliphatic carbocycles. The van der Waals surface area contributed by atoms with Crippen LogP contribution in [-0.4, -0.2) is 35.6 Å². The van der Waals surface area contributed by atoms with Crippen LogP contribution in [0, 0.1) is 20.8 Å². The van der Waals surface area contributed by atoms with Gasteiger partial charge in [0, 0.05) is 25.1 Å². The van der Waals surface area contributed by atoms with E-state index in [9.17, 15) is 13.2 Å². The van der Waals surface area contributed by atoms with Crippen LogP contribution in [-0.2, 0) is 16.6 Å². The van der Waals surface area contributed by atoms with Crippen LogP contribution in [0.3, 0.4) is 0 Å². The Morgan fingerprint density at radius 3 is 2.10 bits per heavy atom. The second-order valence-corrected chi connectivity index (χ2v) is 9.23. The fourth-order valence-electron chi connectivity index (χ4n) is 2.93. The van der Waals surface area contributed by atoms with Crippen LogP contribution in [0.15, 0.2) is 59.8 Å². The zero-order chi connectivity index (χ0) is 21.9. The highest BCUT2D eigenvalue weighted by molar-refractivity contribution is 7.89. The molecule has 1 N–H and O–H groups in total. The molecule has 156 valence electrons. The highest BCUT2D eigenvalue weighted by Crippen LogP contribution is 2.20. The Bertz CT molecular complexity index is 1140. The maximum absolute atomic E-state index is 12.7. The predicted molar refractivity (Wildman–Crippen MR) is 116 cm³/mol. The third-order valence-electron chi connectivity index (χ3n) is 4.78. The summed E-state index contributed by atoms with van der Waals surface area (Å²) in [6, 6.07) is 12.4. The Morgan fingerprint density at radius 2 is 1.53 bits per heavy atom. The first-order valence-corrected chi connectivity index (χ1v) is 10.8. The largest absolute Gasteiger partial charge is 0.321 e. The van der Waals surface area contributed by atoms with Crippen molar-refractivity contribution in [2.75, 3.05) is 12.4 Å². The minimum atomic E-state index is -3.66. The molecule has 0 radical (unpaired) electrons. The Kier molecular flexibility index (Phi) is 6.28. The van der Waals surface area contributed by atoms with E-state index in [0.29, 0.717) is 11.4 Å². The smallest absolute Gasteiger partial charge is 0.258 e. The van der Waals surface area contributed by atoms with E-state index in [1.807, 2.05) is 39.0 Å². The maximum Gasteiger partial charge on any atom is 0.258 e. The van der Waals surface area contributed by atoms with Gasteiger partial charge in [-0.3, -0.25) is 4.79 Å². The minimum absolute atomic E-state index is 0.00495. The van der Waals surface area contributed by atoms with Gasteiger partial charge in [0.1, 0.15) is 5.82 Å². The molecule has 1 amide bonds. The highest BCUT2D eigenvalue weighted by atomic mass is 32.2. The molecule has 1 aromatic heterocycles. The van der Waals surface area contributed by atoms with E-state index in [-0.39, 0.29) is 17.3 Å². The van der Waals surface area contributed by atoms with Gasteiger partial charge >= 0.3 is 0 Å². The van der Waals surface area contributed by atoms with Crippen LogP contribution in [0.4, 0.5) is 5.69 Å². The quantitative estimate of drug-likeness (QED) is 0.654. The van der Waals surface area contributed by atoms with Crippen LogP contribution < -0.4 is 5.32 Å². The number of rotatable bonds is 6. The van der Waals surface area contributed by atoms with Crippen molar-refractivity contribution in [2.45, 2.75) is 32.2 Å². The number of nitrogens with zero attached hydrogens (tertiary/aromatic N) is 3. The van der Waals surface area contributed by atoms with Gasteiger partial charge in [-0.25, -0.2) is 18.4 Å². The molecule has 0 fully saturated rings. The van der Waals surface area contributed by atoms with Gasteiger partial charge in [-0.05, 0) is 44.0 Å². The van der Waals surface area contributed by atoms with E-state index >= 15 is 0 Å². The average Bonchev–Trinajstić information content (AvgIpc) is 2.71. The number of aromatic nitrogens is 2. The molecule has 0 aliphatic rings. The summed E-state index contributed by atoms with van der Waals surface area (Å²) in [5.74, 6) is -0.0172. The third-order valence-corrected chi connectivity index (χ3v) is 6.60. The first kappa shape index (κ1) is 21.6. The van der Waals surface area contributed by atoms with E-state index in [4.69, 9.17) is 0 Å². The molecule has 3 aromatic rings. The second kappa shape index (κ2) is 8.73. The average molecular weight is 425 g/mol. The Morgan fingerprint density at radius 1 is 0.967 bits per heavy atom. The molecule has 0 bridgehead atoms. The Balaban J connectivity index is 1.71. The summed E-state index contributed by atoms with van der Waals surface area (Å²) >= 11 is 0. The number of aryl methyl sites for hydroxylation is 3. The zero-order valence-electron chi connectivity index (χ0n) is 17.4. The van der Waals surface area contributed by atoms with Crippen molar-refractivity contribution in [1.82, 2.24) is 14.3 Å². The lowest BCUT2D eigenvalue weighted by Gasteiger charge is -2.16. The summed E-state index contributed by atoms with van der Waals surface area (Å²) in [6.07, 6.45) is 2.80. The number of anilines is 1. The van der Waals surface area contributed by atoms with E-state index in [1.165, 1.54) is 23.7 Å². The minimum Gasteiger partial charge on any atom is -0.321 e. The van der Waals surface area contributed by atoms with Crippen molar-refractivity contribution in [1.29, 1.82) is 0 Å². The molecule has 2 aromatic carbocycles. The SMILES string of the molecule is Cc1ccc(S(=O)(=O)N(C)Cc2ncc(C(=O)Nc3c(C)cccc3C)cn2)cc1. The topological polar surface area (TPSA) is 92.3 Å². The molecule has 7 nitrogen and oxygen atoms in total. The van der Waals surface area contributed by atoms with Crippen LogP contribution in [0.5, 0.6) is 0 Å². The number of para-hydroxylation sites is 1. The molecule has 1 heterocycles. The van der Waals surface area contributed by atoms with Gasteiger partial charge in [0.2, 0.25) is 10.0 Å². The molecule has 30 heavy (non-hydrogen) atoms. The molecule has 0 saturated carbocycles. The zero-order valence-corrected chi connectivity index (χ0v) is 18.2. The molecular formula is C22H24N4O3S. The summed E-state index contributed by atoms with van der Waals surface area (Å²) in [6.45, 7) is 5.74. The number of hydrogen-bond acceptors (Lipinski definition) is 5. The number of sulfonamides is 1. The van der Waals surface area contributed by atoms with Crippen molar-refractivity contribution in [3.05, 3.63) is 82.9 Å². The summed E-state index contributed by atoms with van der Waals surface area (Å²) in [4.78, 5) is 21.1. The van der Waals surface area contributed by atoms with Crippen molar-refractivity contribution >= 4 is 21.6 Å². The van der Waals surface area contributed by atoms with Gasteiger partial charge in [0.15, 0.2) is 0 Å². The second-order valence-electron chi connectivity index (χ2n) is 7.18. The monoisotopic (exact) mass is 424 g/mol. The van der Waals surface area contributed by atoms with Crippen molar-refractivity contribution in [3.63, 3.8) is 0 Å². The lowest BCUT2D eigenvalue weighted by molar-refractivity contribution is 0.102. The molecule has 0 atom stereocenters. The number of hydrogen-bond donors (Lipinski definition) is 1. The van der Waals surface area contributed by atoms with Gasteiger partial charge in [0.05, 0.1) is 17.0 Å². The van der Waals surface area contributed by atoms with Crippen LogP contribution >= 0.6 is 0 Å². The van der Waals surface area contributed by atoms with Gasteiger partial charge < -0.3 is 5.32 Å². The van der Waals surface area contributed by atoms with E-state index in [0.717, 1.165) is 22.4 Å². The molecule has 0 spiro atoms. The molecule has 0 aliphatic heterocycles. The van der Waals surface area contributed by atoms with E-state index in [1.54, 1.807) is 24.3 Å². The number of nitrogens with one attached hydrogen (secondary N) is 1. The van der Waals surface area contributed by atoms with Gasteiger partial charge in [-0.1, -0.05) is 35.9 Å². The highest BCUT2D eigenvalue weighted by Gasteiger charge is 2.22. The lowest BCUT2D eigenvalue weighted by Crippen LogP contribution is -2.27. The number of amides is 1. The number of benzene rings is 2. The first-order valence-electron chi connectivity index (χ1n) is 9.40. The normalized spacial score (nSPS) is 11.5. The van der Waals surface area contributed by atoms with E-state index in [2.05, 4.69) is 15.3 Å². The fourth-order valence-corrected chi connectivity index (χ4v) is 4.05. The number of carbonyl (C=O) groups excluding carboxylic acids is 1. The third kappa shape index (κ3) is 4.72. The summed E-state index contributed by atoms with van der Waals surface area (Å²) in [5, 5.41) is 2.88. The summed E-state index contributed by atoms with van der Waals surface area (Å²) in [7, 11) is -2.18. The summed E-state index contributed by atoms with van der Waals surface area (Å²) < 4.78 is 26.6. The molecular weight excluding hydrogens is 400 g/mol. The van der Waals surface area contributed by atoms with Crippen molar-refractivity contribution in [2.24, 2.45) is 0 Å². The molecule has 3 rings (SSSR count). The predicted octanol–water partition coefficient (Wildman–Crippen LogP) is 3.47. The lowest BCUT2D eigenvalue weighted by atomic mass is 10.1. The van der Waals surface area contributed by atoms with Crippen molar-refractivity contribution in [3.8, 4) is 0 Å². The molecule has 8 heteroatoms. The van der Waals surface area contributed by atoms with E-state index < -0.39 is 10.0 Å². The van der Waals surface area contributed by atoms with Gasteiger partial charge in [-0.2, -0.15) is 4.31 Å². The molecule has 0 saturated heterocycles. The van der Waals surface area contributed by atoms with Crippen LogP contribution in [0.2, 0.25) is 0 Å². The maximum atomic E-state index is 12.7. The van der Waals surface area contributed by atoms with Gasteiger partial charge in [0.25, 0.3) is 5.91 Å². The van der Waals surface area contributed by atoms with Crippen LogP contribution in [0.1, 0.15) is 32.9 Å². The fraction of sp³-hybridized carbons (Fsp3) is 0.227. The summed E-state index contributed by atoms with van der Waals surface area (Å²) in [5.41, 5.74) is 3.96. The Labute approximate surface area is 176 Å². The van der Waals surface area contributed by atoms with Gasteiger partial charge in [-0.15, -0.1) is 0 Å². The standard InChI is InChI=1S/C22H24N4O3S/c1-15-8-10-19(11-9-15)30(28,29)26(4)14-20-23-12-18(13-24-20)22(27)25-21-16(2)6-5-7-17(21)3/h5-13H,14H2,1-4H3,(H,25,27). The Hall–Kier alpha value is -3.10. The molecule has 0 unspecified atom stereocenters. The van der Waals surface area contributed by atoms with Crippen LogP contribution in [0.25, 0.3) is 0 Å². The first-order chi connectivity index (χ1) is 14.2.